The van der Waals surface area contributed by atoms with Gasteiger partial charge in [-0.25, -0.2) is 0 Å². The zero-order valence-corrected chi connectivity index (χ0v) is 43.6. The first-order valence-corrected chi connectivity index (χ1v) is 27.7. The van der Waals surface area contributed by atoms with Crippen LogP contribution < -0.4 is 0 Å². The molecule has 0 heterocycles. The highest BCUT2D eigenvalue weighted by molar-refractivity contribution is 5.71. The van der Waals surface area contributed by atoms with Gasteiger partial charge in [0.05, 0.1) is 0 Å². The lowest BCUT2D eigenvalue weighted by Crippen LogP contribution is -2.30. The summed E-state index contributed by atoms with van der Waals surface area (Å²) in [4.78, 5) is 38.0. The minimum atomic E-state index is -0.827. The molecule has 0 aromatic rings. The average Bonchev–Trinajstić information content (AvgIpc) is 3.33. The minimum Gasteiger partial charge on any atom is -0.462 e. The molecular formula is C61H102O6. The predicted molar refractivity (Wildman–Crippen MR) is 288 cm³/mol. The van der Waals surface area contributed by atoms with Crippen LogP contribution >= 0.6 is 0 Å². The van der Waals surface area contributed by atoms with Crippen molar-refractivity contribution in [3.63, 3.8) is 0 Å². The molecule has 6 nitrogen and oxygen atoms in total. The van der Waals surface area contributed by atoms with Crippen molar-refractivity contribution in [1.82, 2.24) is 0 Å². The first-order chi connectivity index (χ1) is 33.0. The summed E-state index contributed by atoms with van der Waals surface area (Å²) in [5, 5.41) is 0. The van der Waals surface area contributed by atoms with Crippen molar-refractivity contribution >= 4 is 17.9 Å². The van der Waals surface area contributed by atoms with Crippen LogP contribution in [0.3, 0.4) is 0 Å². The quantitative estimate of drug-likeness (QED) is 0.0262. The van der Waals surface area contributed by atoms with Crippen LogP contribution in [0.2, 0.25) is 0 Å². The van der Waals surface area contributed by atoms with Crippen LogP contribution in [-0.4, -0.2) is 37.2 Å². The smallest absolute Gasteiger partial charge is 0.306 e. The maximum atomic E-state index is 12.8. The van der Waals surface area contributed by atoms with Crippen molar-refractivity contribution in [2.24, 2.45) is 0 Å². The van der Waals surface area contributed by atoms with Gasteiger partial charge in [0.25, 0.3) is 0 Å². The third kappa shape index (κ3) is 53.2. The van der Waals surface area contributed by atoms with Gasteiger partial charge in [0.1, 0.15) is 13.2 Å². The third-order valence-corrected chi connectivity index (χ3v) is 11.6. The number of ether oxygens (including phenoxy) is 3. The molecule has 0 aliphatic rings. The number of hydrogen-bond donors (Lipinski definition) is 0. The van der Waals surface area contributed by atoms with Gasteiger partial charge >= 0.3 is 17.9 Å². The minimum absolute atomic E-state index is 0.115. The van der Waals surface area contributed by atoms with Gasteiger partial charge in [-0.05, 0) is 96.3 Å². The summed E-state index contributed by atoms with van der Waals surface area (Å²) in [6.45, 7) is 6.49. The Bertz CT molecular complexity index is 1350. The summed E-state index contributed by atoms with van der Waals surface area (Å²) in [7, 11) is 0. The Labute approximate surface area is 413 Å². The zero-order valence-electron chi connectivity index (χ0n) is 43.6. The van der Waals surface area contributed by atoms with Gasteiger partial charge in [-0.15, -0.1) is 0 Å². The molecule has 0 aliphatic heterocycles. The van der Waals surface area contributed by atoms with Gasteiger partial charge < -0.3 is 14.2 Å². The van der Waals surface area contributed by atoms with E-state index in [1.807, 2.05) is 6.08 Å². The number of hydrogen-bond acceptors (Lipinski definition) is 6. The van der Waals surface area contributed by atoms with Crippen molar-refractivity contribution in [2.45, 2.75) is 258 Å². The highest BCUT2D eigenvalue weighted by Crippen LogP contribution is 2.15. The van der Waals surface area contributed by atoms with Crippen LogP contribution in [0.15, 0.2) is 97.2 Å². The van der Waals surface area contributed by atoms with Crippen LogP contribution in [0.4, 0.5) is 0 Å². The van der Waals surface area contributed by atoms with Crippen molar-refractivity contribution in [3.05, 3.63) is 97.2 Å². The average molecular weight is 931 g/mol. The molecule has 0 amide bonds. The molecule has 382 valence electrons. The lowest BCUT2D eigenvalue weighted by molar-refractivity contribution is -0.166. The van der Waals surface area contributed by atoms with Gasteiger partial charge in [0.15, 0.2) is 6.10 Å². The fourth-order valence-corrected chi connectivity index (χ4v) is 7.37. The molecule has 0 saturated carbocycles. The number of carbonyl (C=O) groups excluding carboxylic acids is 3. The molecule has 0 unspecified atom stereocenters. The van der Waals surface area contributed by atoms with Gasteiger partial charge in [-0.2, -0.15) is 0 Å². The van der Waals surface area contributed by atoms with E-state index in [2.05, 4.69) is 112 Å². The second-order valence-electron chi connectivity index (χ2n) is 18.1. The zero-order chi connectivity index (χ0) is 48.6. The Morgan fingerprint density at radius 2 is 0.567 bits per heavy atom. The van der Waals surface area contributed by atoms with E-state index in [1.165, 1.54) is 128 Å². The fourth-order valence-electron chi connectivity index (χ4n) is 7.37. The second kappa shape index (κ2) is 54.9. The standard InChI is InChI=1S/C61H102O6/c1-4-7-10-13-16-19-22-25-28-29-30-31-34-36-39-42-45-48-51-54-60(63)66-57-58(67-61(64)55-52-49-46-43-40-37-33-27-24-21-18-15-12-9-6-3)56-65-59(62)53-50-47-44-41-38-35-32-26-23-20-17-14-11-8-5-2/h16,18-19,21,25,27-28,30-31,33,36,39-40,43,45,48,58H,4-15,17,20,22-24,26,29,32,34-35,37-38,41-42,44,46-47,49-57H2,1-3H3/b19-16-,21-18-,28-25-,31-30-,33-27-,39-36-,43-40-,48-45-/t58-/m0/s1. The van der Waals surface area contributed by atoms with Crippen LogP contribution in [0.25, 0.3) is 0 Å². The number of allylic oxidation sites excluding steroid dienone is 16. The summed E-state index contributed by atoms with van der Waals surface area (Å²) >= 11 is 0. The molecule has 0 fully saturated rings. The maximum Gasteiger partial charge on any atom is 0.306 e. The molecule has 0 N–H and O–H groups in total. The molecule has 0 spiro atoms. The van der Waals surface area contributed by atoms with E-state index in [0.717, 1.165) is 70.6 Å². The topological polar surface area (TPSA) is 78.9 Å². The first kappa shape index (κ1) is 63.3. The van der Waals surface area contributed by atoms with E-state index in [4.69, 9.17) is 14.2 Å². The van der Waals surface area contributed by atoms with E-state index in [0.29, 0.717) is 19.3 Å². The SMILES string of the molecule is CCCCC/C=C\C/C=C\C/C=C\C/C=C\C/C=C\CCC(=O)OC[C@H](COC(=O)CCCCCCCCCCCCCCCCC)OC(=O)CCCC/C=C\C/C=C\C/C=C\CCCCC. The van der Waals surface area contributed by atoms with Crippen LogP contribution in [0.5, 0.6) is 0 Å². The summed E-state index contributed by atoms with van der Waals surface area (Å²) in [5.74, 6) is -1.04. The largest absolute Gasteiger partial charge is 0.462 e. The molecule has 0 aromatic heterocycles. The number of rotatable bonds is 49. The number of esters is 3. The summed E-state index contributed by atoms with van der Waals surface area (Å²) < 4.78 is 16.7. The lowest BCUT2D eigenvalue weighted by Gasteiger charge is -2.18. The van der Waals surface area contributed by atoms with Crippen LogP contribution in [-0.2, 0) is 28.6 Å². The third-order valence-electron chi connectivity index (χ3n) is 11.6. The van der Waals surface area contributed by atoms with Gasteiger partial charge in [0.2, 0.25) is 0 Å². The molecule has 67 heavy (non-hydrogen) atoms. The van der Waals surface area contributed by atoms with Gasteiger partial charge in [-0.1, -0.05) is 234 Å². The normalized spacial score (nSPS) is 12.8. The van der Waals surface area contributed by atoms with Crippen molar-refractivity contribution in [3.8, 4) is 0 Å². The predicted octanol–water partition coefficient (Wildman–Crippen LogP) is 18.5. The van der Waals surface area contributed by atoms with Crippen molar-refractivity contribution in [2.75, 3.05) is 13.2 Å². The second-order valence-corrected chi connectivity index (χ2v) is 18.1. The van der Waals surface area contributed by atoms with Crippen LogP contribution in [0.1, 0.15) is 252 Å². The highest BCUT2D eigenvalue weighted by atomic mass is 16.6. The monoisotopic (exact) mass is 931 g/mol. The van der Waals surface area contributed by atoms with E-state index in [-0.39, 0.29) is 44.0 Å². The molecule has 0 aliphatic carbocycles. The molecule has 0 radical (unpaired) electrons. The fraction of sp³-hybridized carbons (Fsp3) is 0.689. The Balaban J connectivity index is 4.55. The summed E-state index contributed by atoms with van der Waals surface area (Å²) in [6, 6.07) is 0. The van der Waals surface area contributed by atoms with E-state index < -0.39 is 6.10 Å². The Kier molecular flexibility index (Phi) is 51.9. The Morgan fingerprint density at radius 3 is 0.955 bits per heavy atom. The van der Waals surface area contributed by atoms with E-state index in [1.54, 1.807) is 0 Å². The van der Waals surface area contributed by atoms with Gasteiger partial charge in [-0.3, -0.25) is 14.4 Å². The van der Waals surface area contributed by atoms with Crippen LogP contribution in [0, 0.1) is 0 Å². The van der Waals surface area contributed by atoms with Gasteiger partial charge in [0, 0.05) is 19.3 Å². The lowest BCUT2D eigenvalue weighted by atomic mass is 10.0. The molecule has 0 aromatic carbocycles. The first-order valence-electron chi connectivity index (χ1n) is 27.7. The molecular weight excluding hydrogens is 829 g/mol. The maximum absolute atomic E-state index is 12.8. The molecule has 0 rings (SSSR count). The van der Waals surface area contributed by atoms with E-state index in [9.17, 15) is 14.4 Å². The molecule has 1 atom stereocenters. The Hall–Kier alpha value is -3.67. The summed E-state index contributed by atoms with van der Waals surface area (Å²) in [5.41, 5.74) is 0. The number of unbranched alkanes of at least 4 members (excludes halogenated alkanes) is 22. The van der Waals surface area contributed by atoms with E-state index >= 15 is 0 Å². The molecule has 0 bridgehead atoms. The molecule has 0 saturated heterocycles. The van der Waals surface area contributed by atoms with Crippen molar-refractivity contribution < 1.29 is 28.6 Å². The molecule has 6 heteroatoms. The number of carbonyl (C=O) groups is 3. The highest BCUT2D eigenvalue weighted by Gasteiger charge is 2.19. The Morgan fingerprint density at radius 1 is 0.299 bits per heavy atom. The summed E-state index contributed by atoms with van der Waals surface area (Å²) in [6.07, 6.45) is 72.6. The van der Waals surface area contributed by atoms with Crippen molar-refractivity contribution in [1.29, 1.82) is 0 Å².